The molecule has 2 amide bonds. The third-order valence-corrected chi connectivity index (χ3v) is 4.78. The fourth-order valence-corrected chi connectivity index (χ4v) is 3.45. The smallest absolute Gasteiger partial charge is 0.333 e. The number of hydrogen-bond acceptors (Lipinski definition) is 6. The maximum atomic E-state index is 12.2. The van der Waals surface area contributed by atoms with E-state index in [1.807, 2.05) is 13.8 Å². The number of carbonyl (C=O) groups excluding carboxylic acids is 3. The lowest BCUT2D eigenvalue weighted by molar-refractivity contribution is -0.147. The summed E-state index contributed by atoms with van der Waals surface area (Å²) in [6.45, 7) is 6.03. The van der Waals surface area contributed by atoms with Gasteiger partial charge in [-0.1, -0.05) is 13.8 Å². The maximum Gasteiger partial charge on any atom is 0.333 e. The zero-order chi connectivity index (χ0) is 18.6. The Labute approximate surface area is 160 Å². The second-order valence-electron chi connectivity index (χ2n) is 6.47. The molecule has 1 heterocycles. The van der Waals surface area contributed by atoms with Crippen molar-refractivity contribution in [3.8, 4) is 0 Å². The molecular weight excluding hydrogens is 360 g/mol. The van der Waals surface area contributed by atoms with Gasteiger partial charge in [0.1, 0.15) is 0 Å². The predicted octanol–water partition coefficient (Wildman–Crippen LogP) is 1.72. The number of esters is 1. The first-order chi connectivity index (χ1) is 11.9. The van der Waals surface area contributed by atoms with Crippen molar-refractivity contribution in [3.05, 3.63) is 11.6 Å². The Kier molecular flexibility index (Phi) is 8.73. The highest BCUT2D eigenvalue weighted by Crippen LogP contribution is 2.30. The Morgan fingerprint density at radius 1 is 1.23 bits per heavy atom. The van der Waals surface area contributed by atoms with Crippen LogP contribution in [0.15, 0.2) is 11.6 Å². The van der Waals surface area contributed by atoms with E-state index in [-0.39, 0.29) is 56.2 Å². The zero-order valence-corrected chi connectivity index (χ0v) is 16.4. The Balaban J connectivity index is 0.00000338. The molecule has 0 saturated carbocycles. The average molecular weight is 389 g/mol. The number of carbonyl (C=O) groups is 3. The van der Waals surface area contributed by atoms with Crippen LogP contribution in [0.1, 0.15) is 52.9 Å². The number of nitrogens with two attached hydrogens (primary N) is 1. The van der Waals surface area contributed by atoms with Crippen LogP contribution in [0.3, 0.4) is 0 Å². The van der Waals surface area contributed by atoms with E-state index in [0.29, 0.717) is 5.57 Å². The van der Waals surface area contributed by atoms with E-state index in [4.69, 9.17) is 15.2 Å². The lowest BCUT2D eigenvalue weighted by atomic mass is 9.87. The zero-order valence-electron chi connectivity index (χ0n) is 15.6. The molecule has 2 N–H and O–H groups in total. The van der Waals surface area contributed by atoms with Gasteiger partial charge in [0, 0.05) is 24.5 Å². The van der Waals surface area contributed by atoms with Crippen LogP contribution in [0.2, 0.25) is 0 Å². The molecule has 0 bridgehead atoms. The second-order valence-corrected chi connectivity index (χ2v) is 6.47. The number of likely N-dealkylation sites (tertiary alicyclic amines) is 1. The Morgan fingerprint density at radius 2 is 1.81 bits per heavy atom. The molecule has 0 radical (unpaired) electrons. The standard InChI is InChI=1S/C18H28N2O5.ClH/c1-4-12(5-2)25-14-10-11(18(23)24-6-3)9-13(19)17(14)20-15(21)7-8-16(20)22;/h10,12-14,17H,4-9,19H2,1-3H3;1H/t13-,14+,17+;/m0./s1. The molecule has 1 aliphatic heterocycles. The average Bonchev–Trinajstić information content (AvgIpc) is 2.91. The highest BCUT2D eigenvalue weighted by molar-refractivity contribution is 6.02. The highest BCUT2D eigenvalue weighted by atomic mass is 35.5. The van der Waals surface area contributed by atoms with Gasteiger partial charge in [0.05, 0.1) is 24.9 Å². The molecule has 148 valence electrons. The normalized spacial score (nSPS) is 26.0. The van der Waals surface area contributed by atoms with Gasteiger partial charge < -0.3 is 15.2 Å². The largest absolute Gasteiger partial charge is 0.463 e. The Bertz CT molecular complexity index is 546. The van der Waals surface area contributed by atoms with Crippen LogP contribution in [-0.2, 0) is 23.9 Å². The van der Waals surface area contributed by atoms with E-state index in [1.165, 1.54) is 4.90 Å². The van der Waals surface area contributed by atoms with E-state index < -0.39 is 24.2 Å². The molecule has 2 aliphatic rings. The van der Waals surface area contributed by atoms with Crippen molar-refractivity contribution in [2.45, 2.75) is 77.2 Å². The van der Waals surface area contributed by atoms with Crippen molar-refractivity contribution in [2.24, 2.45) is 5.73 Å². The van der Waals surface area contributed by atoms with Crippen LogP contribution in [-0.4, -0.2) is 53.6 Å². The van der Waals surface area contributed by atoms with Gasteiger partial charge in [-0.3, -0.25) is 14.5 Å². The molecule has 2 rings (SSSR count). The SMILES string of the molecule is CCOC(=O)C1=C[C@@H](OC(CC)CC)[C@H](N2C(=O)CCC2=O)[C@@H](N)C1.Cl. The molecule has 3 atom stereocenters. The molecule has 1 aliphatic carbocycles. The molecular formula is C18H29ClN2O5. The van der Waals surface area contributed by atoms with E-state index in [1.54, 1.807) is 13.0 Å². The van der Waals surface area contributed by atoms with Crippen LogP contribution in [0.5, 0.6) is 0 Å². The highest BCUT2D eigenvalue weighted by Gasteiger charge is 2.45. The number of imide groups is 1. The van der Waals surface area contributed by atoms with Gasteiger partial charge in [0.2, 0.25) is 11.8 Å². The summed E-state index contributed by atoms with van der Waals surface area (Å²) < 4.78 is 11.2. The van der Waals surface area contributed by atoms with E-state index in [2.05, 4.69) is 0 Å². The molecule has 1 fully saturated rings. The first-order valence-electron chi connectivity index (χ1n) is 9.06. The lowest BCUT2D eigenvalue weighted by Gasteiger charge is -2.40. The van der Waals surface area contributed by atoms with Gasteiger partial charge >= 0.3 is 5.97 Å². The van der Waals surface area contributed by atoms with Gasteiger partial charge in [0.15, 0.2) is 0 Å². The molecule has 0 aromatic heterocycles. The van der Waals surface area contributed by atoms with Gasteiger partial charge in [-0.2, -0.15) is 0 Å². The van der Waals surface area contributed by atoms with Gasteiger partial charge in [-0.05, 0) is 32.3 Å². The quantitative estimate of drug-likeness (QED) is 0.526. The summed E-state index contributed by atoms with van der Waals surface area (Å²) in [6, 6.07) is -1.14. The number of nitrogens with zero attached hydrogens (tertiary/aromatic N) is 1. The third-order valence-electron chi connectivity index (χ3n) is 4.78. The summed E-state index contributed by atoms with van der Waals surface area (Å²) >= 11 is 0. The van der Waals surface area contributed by atoms with Gasteiger partial charge in [0.25, 0.3) is 0 Å². The fourth-order valence-electron chi connectivity index (χ4n) is 3.45. The molecule has 7 nitrogen and oxygen atoms in total. The number of amides is 2. The minimum atomic E-state index is -0.598. The van der Waals surface area contributed by atoms with Crippen molar-refractivity contribution in [3.63, 3.8) is 0 Å². The third kappa shape index (κ3) is 4.84. The summed E-state index contributed by atoms with van der Waals surface area (Å²) in [7, 11) is 0. The fraction of sp³-hybridized carbons (Fsp3) is 0.722. The van der Waals surface area contributed by atoms with Crippen molar-refractivity contribution in [1.82, 2.24) is 4.90 Å². The van der Waals surface area contributed by atoms with Crippen molar-refractivity contribution in [2.75, 3.05) is 6.61 Å². The van der Waals surface area contributed by atoms with E-state index in [9.17, 15) is 14.4 Å². The second kappa shape index (κ2) is 10.0. The number of rotatable bonds is 7. The molecule has 0 unspecified atom stereocenters. The number of halogens is 1. The van der Waals surface area contributed by atoms with Gasteiger partial charge in [-0.15, -0.1) is 12.4 Å². The first-order valence-corrected chi connectivity index (χ1v) is 9.06. The number of ether oxygens (including phenoxy) is 2. The maximum absolute atomic E-state index is 12.2. The Morgan fingerprint density at radius 3 is 2.31 bits per heavy atom. The minimum Gasteiger partial charge on any atom is -0.463 e. The van der Waals surface area contributed by atoms with Crippen LogP contribution in [0.4, 0.5) is 0 Å². The van der Waals surface area contributed by atoms with Crippen molar-refractivity contribution < 1.29 is 23.9 Å². The molecule has 0 spiro atoms. The molecule has 26 heavy (non-hydrogen) atoms. The van der Waals surface area contributed by atoms with Crippen LogP contribution in [0.25, 0.3) is 0 Å². The Hall–Kier alpha value is -1.44. The molecule has 0 aromatic carbocycles. The first kappa shape index (κ1) is 22.6. The predicted molar refractivity (Wildman–Crippen MR) is 98.7 cm³/mol. The summed E-state index contributed by atoms with van der Waals surface area (Å²) in [6.07, 6.45) is 3.29. The monoisotopic (exact) mass is 388 g/mol. The summed E-state index contributed by atoms with van der Waals surface area (Å²) in [5, 5.41) is 0. The molecule has 8 heteroatoms. The van der Waals surface area contributed by atoms with E-state index >= 15 is 0 Å². The molecule has 0 aromatic rings. The van der Waals surface area contributed by atoms with Gasteiger partial charge in [-0.25, -0.2) is 4.79 Å². The minimum absolute atomic E-state index is 0. The lowest BCUT2D eigenvalue weighted by Crippen LogP contribution is -2.59. The summed E-state index contributed by atoms with van der Waals surface area (Å²) in [5.74, 6) is -0.873. The van der Waals surface area contributed by atoms with Crippen molar-refractivity contribution >= 4 is 30.2 Å². The topological polar surface area (TPSA) is 98.9 Å². The van der Waals surface area contributed by atoms with E-state index in [0.717, 1.165) is 12.8 Å². The van der Waals surface area contributed by atoms with Crippen LogP contribution >= 0.6 is 12.4 Å². The van der Waals surface area contributed by atoms with Crippen molar-refractivity contribution in [1.29, 1.82) is 0 Å². The van der Waals surface area contributed by atoms with Crippen LogP contribution in [0, 0.1) is 0 Å². The number of hydrogen-bond donors (Lipinski definition) is 1. The molecule has 1 saturated heterocycles. The summed E-state index contributed by atoms with van der Waals surface area (Å²) in [5.41, 5.74) is 6.73. The summed E-state index contributed by atoms with van der Waals surface area (Å²) in [4.78, 5) is 37.8. The van der Waals surface area contributed by atoms with Crippen LogP contribution < -0.4 is 5.73 Å².